The molecule has 2 aromatic rings. The van der Waals surface area contributed by atoms with Crippen molar-refractivity contribution in [3.63, 3.8) is 0 Å². The fourth-order valence-corrected chi connectivity index (χ4v) is 4.03. The highest BCUT2D eigenvalue weighted by Gasteiger charge is 2.26. The minimum Gasteiger partial charge on any atom is -0.441 e. The topological polar surface area (TPSA) is 102 Å². The molecule has 9 nitrogen and oxygen atoms in total. The number of aromatic nitrogens is 1. The number of benzene rings is 1. The Morgan fingerprint density at radius 2 is 1.74 bits per heavy atom. The van der Waals surface area contributed by atoms with E-state index in [-0.39, 0.29) is 5.92 Å². The van der Waals surface area contributed by atoms with E-state index < -0.39 is 0 Å². The van der Waals surface area contributed by atoms with Crippen LogP contribution in [0.2, 0.25) is 0 Å². The van der Waals surface area contributed by atoms with Gasteiger partial charge in [0.15, 0.2) is 10.2 Å². The Balaban J connectivity index is 1.66. The molecule has 1 aromatic heterocycles. The van der Waals surface area contributed by atoms with Crippen molar-refractivity contribution in [2.75, 3.05) is 27.2 Å². The SMILES string of the molecule is CNC(=S)N/N=C(C)/C(=N/NC(=S)NC)C1CCN(Cc2nc(-c3cccc(C)c3)oc2C)CC1. The van der Waals surface area contributed by atoms with E-state index in [0.29, 0.717) is 16.1 Å². The molecule has 1 aromatic carbocycles. The van der Waals surface area contributed by atoms with Crippen molar-refractivity contribution in [1.29, 1.82) is 0 Å². The Bertz CT molecular complexity index is 1100. The average Bonchev–Trinajstić information content (AvgIpc) is 3.23. The molecule has 0 bridgehead atoms. The zero-order chi connectivity index (χ0) is 25.4. The van der Waals surface area contributed by atoms with Crippen molar-refractivity contribution in [3.05, 3.63) is 41.3 Å². The first-order chi connectivity index (χ1) is 16.8. The van der Waals surface area contributed by atoms with Crippen LogP contribution in [0.5, 0.6) is 0 Å². The van der Waals surface area contributed by atoms with Crippen LogP contribution < -0.4 is 21.5 Å². The summed E-state index contributed by atoms with van der Waals surface area (Å²) >= 11 is 10.3. The molecule has 0 atom stereocenters. The lowest BCUT2D eigenvalue weighted by Gasteiger charge is -2.32. The fraction of sp³-hybridized carbons (Fsp3) is 0.458. The van der Waals surface area contributed by atoms with Gasteiger partial charge in [0.05, 0.1) is 17.1 Å². The molecule has 0 amide bonds. The van der Waals surface area contributed by atoms with Gasteiger partial charge in [-0.3, -0.25) is 15.8 Å². The first kappa shape index (κ1) is 26.7. The van der Waals surface area contributed by atoms with Gasteiger partial charge < -0.3 is 15.1 Å². The Morgan fingerprint density at radius 3 is 2.37 bits per heavy atom. The Kier molecular flexibility index (Phi) is 9.70. The molecule has 0 unspecified atom stereocenters. The van der Waals surface area contributed by atoms with Gasteiger partial charge in [0.2, 0.25) is 5.89 Å². The summed E-state index contributed by atoms with van der Waals surface area (Å²) < 4.78 is 5.99. The summed E-state index contributed by atoms with van der Waals surface area (Å²) in [6.45, 7) is 8.57. The number of nitrogens with one attached hydrogen (secondary N) is 4. The Hall–Kier alpha value is -2.89. The van der Waals surface area contributed by atoms with Crippen molar-refractivity contribution in [1.82, 2.24) is 31.4 Å². The van der Waals surface area contributed by atoms with Crippen molar-refractivity contribution in [2.45, 2.75) is 40.2 Å². The van der Waals surface area contributed by atoms with Gasteiger partial charge in [-0.05, 0) is 83.3 Å². The van der Waals surface area contributed by atoms with E-state index in [0.717, 1.165) is 60.9 Å². The van der Waals surface area contributed by atoms with Crippen molar-refractivity contribution in [3.8, 4) is 11.5 Å². The number of hydrazone groups is 2. The molecule has 35 heavy (non-hydrogen) atoms. The lowest BCUT2D eigenvalue weighted by Crippen LogP contribution is -2.40. The summed E-state index contributed by atoms with van der Waals surface area (Å²) in [5.41, 5.74) is 10.6. The van der Waals surface area contributed by atoms with E-state index in [4.69, 9.17) is 33.8 Å². The summed E-state index contributed by atoms with van der Waals surface area (Å²) in [7, 11) is 3.51. The molecule has 4 N–H and O–H groups in total. The molecule has 1 saturated heterocycles. The molecule has 188 valence electrons. The molecule has 1 fully saturated rings. The zero-order valence-electron chi connectivity index (χ0n) is 20.9. The highest BCUT2D eigenvalue weighted by molar-refractivity contribution is 7.80. The summed E-state index contributed by atoms with van der Waals surface area (Å²) in [5, 5.41) is 15.6. The first-order valence-corrected chi connectivity index (χ1v) is 12.5. The van der Waals surface area contributed by atoms with Crippen molar-refractivity contribution < 1.29 is 4.42 Å². The number of hydrogen-bond acceptors (Lipinski definition) is 7. The molecule has 1 aliphatic heterocycles. The molecular formula is C24H34N8OS2. The van der Waals surface area contributed by atoms with E-state index in [1.54, 1.807) is 14.1 Å². The number of oxazole rings is 1. The maximum Gasteiger partial charge on any atom is 0.226 e. The van der Waals surface area contributed by atoms with Gasteiger partial charge in [-0.1, -0.05) is 17.7 Å². The van der Waals surface area contributed by atoms with Crippen molar-refractivity contribution in [2.24, 2.45) is 16.1 Å². The van der Waals surface area contributed by atoms with E-state index in [2.05, 4.69) is 55.6 Å². The summed E-state index contributed by atoms with van der Waals surface area (Å²) in [4.78, 5) is 7.20. The van der Waals surface area contributed by atoms with E-state index in [1.165, 1.54) is 5.56 Å². The molecule has 2 heterocycles. The Morgan fingerprint density at radius 1 is 1.09 bits per heavy atom. The van der Waals surface area contributed by atoms with Crippen LogP contribution in [0.15, 0.2) is 38.9 Å². The predicted octanol–water partition coefficient (Wildman–Crippen LogP) is 3.09. The quantitative estimate of drug-likeness (QED) is 0.252. The highest BCUT2D eigenvalue weighted by Crippen LogP contribution is 2.25. The van der Waals surface area contributed by atoms with Crippen LogP contribution in [-0.2, 0) is 6.54 Å². The van der Waals surface area contributed by atoms with Gasteiger partial charge in [0.25, 0.3) is 0 Å². The van der Waals surface area contributed by atoms with Crippen LogP contribution in [0, 0.1) is 19.8 Å². The Labute approximate surface area is 217 Å². The van der Waals surface area contributed by atoms with Crippen LogP contribution in [0.1, 0.15) is 36.8 Å². The molecule has 0 aliphatic carbocycles. The van der Waals surface area contributed by atoms with Crippen molar-refractivity contribution >= 4 is 46.1 Å². The van der Waals surface area contributed by atoms with Gasteiger partial charge in [0.1, 0.15) is 5.76 Å². The van der Waals surface area contributed by atoms with E-state index in [1.807, 2.05) is 26.0 Å². The van der Waals surface area contributed by atoms with Gasteiger partial charge in [-0.25, -0.2) is 4.98 Å². The van der Waals surface area contributed by atoms with Gasteiger partial charge in [-0.2, -0.15) is 10.2 Å². The fourth-order valence-electron chi connectivity index (χ4n) is 3.93. The molecule has 3 rings (SSSR count). The van der Waals surface area contributed by atoms with Crippen LogP contribution >= 0.6 is 24.4 Å². The predicted molar refractivity (Wildman–Crippen MR) is 150 cm³/mol. The number of aryl methyl sites for hydroxylation is 2. The van der Waals surface area contributed by atoms with Crippen LogP contribution in [0.4, 0.5) is 0 Å². The third-order valence-electron chi connectivity index (χ3n) is 5.93. The summed E-state index contributed by atoms with van der Waals surface area (Å²) in [6.07, 6.45) is 1.88. The lowest BCUT2D eigenvalue weighted by atomic mass is 9.89. The maximum absolute atomic E-state index is 5.99. The minimum absolute atomic E-state index is 0.244. The highest BCUT2D eigenvalue weighted by atomic mass is 32.1. The standard InChI is InChI=1S/C24H34N8OS2/c1-15-7-6-8-19(13-15)22-27-20(17(3)33-22)14-32-11-9-18(10-12-32)21(29-31-24(35)26-5)16(2)28-30-23(34)25-4/h6-8,13,18H,9-12,14H2,1-5H3,(H2,25,30,34)(H2,26,31,35)/b28-16+,29-21-. The number of thiocarbonyl (C=S) groups is 2. The number of hydrogen-bond donors (Lipinski definition) is 4. The second-order valence-electron chi connectivity index (χ2n) is 8.52. The number of piperidine rings is 1. The zero-order valence-corrected chi connectivity index (χ0v) is 22.6. The average molecular weight is 515 g/mol. The largest absolute Gasteiger partial charge is 0.441 e. The third kappa shape index (κ3) is 7.55. The van der Waals surface area contributed by atoms with Crippen LogP contribution in [-0.4, -0.2) is 58.7 Å². The summed E-state index contributed by atoms with van der Waals surface area (Å²) in [5.74, 6) is 1.79. The number of nitrogens with zero attached hydrogens (tertiary/aromatic N) is 4. The monoisotopic (exact) mass is 514 g/mol. The maximum atomic E-state index is 5.99. The molecule has 11 heteroatoms. The molecule has 0 radical (unpaired) electrons. The first-order valence-electron chi connectivity index (χ1n) is 11.6. The minimum atomic E-state index is 0.244. The number of rotatable bonds is 7. The normalized spacial score (nSPS) is 15.6. The lowest BCUT2D eigenvalue weighted by molar-refractivity contribution is 0.199. The number of likely N-dealkylation sites (tertiary alicyclic amines) is 1. The second-order valence-corrected chi connectivity index (χ2v) is 9.33. The van der Waals surface area contributed by atoms with Crippen LogP contribution in [0.25, 0.3) is 11.5 Å². The van der Waals surface area contributed by atoms with E-state index in [9.17, 15) is 0 Å². The molecule has 0 saturated carbocycles. The molecule has 1 aliphatic rings. The smallest absolute Gasteiger partial charge is 0.226 e. The van der Waals surface area contributed by atoms with Gasteiger partial charge in [-0.15, -0.1) is 0 Å². The second kappa shape index (κ2) is 12.7. The molecule has 0 spiro atoms. The molecular weight excluding hydrogens is 480 g/mol. The van der Waals surface area contributed by atoms with Crippen LogP contribution in [0.3, 0.4) is 0 Å². The van der Waals surface area contributed by atoms with Gasteiger partial charge in [0, 0.05) is 32.1 Å². The summed E-state index contributed by atoms with van der Waals surface area (Å²) in [6, 6.07) is 8.22. The third-order valence-corrected chi connectivity index (χ3v) is 6.52. The van der Waals surface area contributed by atoms with Gasteiger partial charge >= 0.3 is 0 Å². The van der Waals surface area contributed by atoms with E-state index >= 15 is 0 Å².